The fourth-order valence-electron chi connectivity index (χ4n) is 1.55. The van der Waals surface area contributed by atoms with E-state index in [9.17, 15) is 4.79 Å². The number of carbonyl (C=O) groups is 1. The Bertz CT molecular complexity index is 549. The molecule has 1 aliphatic carbocycles. The molecule has 19 heavy (non-hydrogen) atoms. The maximum absolute atomic E-state index is 11.8. The molecule has 2 rings (SSSR count). The van der Waals surface area contributed by atoms with Gasteiger partial charge in [-0.3, -0.25) is 0 Å². The first-order chi connectivity index (χ1) is 9.15. The Morgan fingerprint density at radius 1 is 1.00 bits per heavy atom. The quantitative estimate of drug-likeness (QED) is 0.845. The van der Waals surface area contributed by atoms with E-state index in [4.69, 9.17) is 23.2 Å². The lowest BCUT2D eigenvalue weighted by atomic mass is 10.2. The Morgan fingerprint density at radius 2 is 1.68 bits per heavy atom. The molecule has 1 aliphatic rings. The van der Waals surface area contributed by atoms with Crippen LogP contribution in [-0.2, 0) is 0 Å². The number of hydrogen-bond acceptors (Lipinski definition) is 1. The molecule has 3 nitrogen and oxygen atoms in total. The molecule has 0 atom stereocenters. The smallest absolute Gasteiger partial charge is 0.319 e. The zero-order chi connectivity index (χ0) is 13.7. The molecule has 0 spiro atoms. The van der Waals surface area contributed by atoms with Crippen molar-refractivity contribution in [2.24, 2.45) is 0 Å². The molecular formula is C14H12Cl2N2O. The van der Waals surface area contributed by atoms with Crippen molar-refractivity contribution in [3.8, 4) is 0 Å². The van der Waals surface area contributed by atoms with Gasteiger partial charge in [0.15, 0.2) is 0 Å². The lowest BCUT2D eigenvalue weighted by molar-refractivity contribution is 0.251. The molecule has 0 saturated carbocycles. The Labute approximate surface area is 121 Å². The number of halogens is 2. The zero-order valence-corrected chi connectivity index (χ0v) is 11.4. The third-order valence-electron chi connectivity index (χ3n) is 2.45. The van der Waals surface area contributed by atoms with Crippen molar-refractivity contribution in [2.75, 3.05) is 5.32 Å². The summed E-state index contributed by atoms with van der Waals surface area (Å²) in [6, 6.07) is 4.48. The first-order valence-corrected chi connectivity index (χ1v) is 6.45. The van der Waals surface area contributed by atoms with Gasteiger partial charge in [0.2, 0.25) is 0 Å². The van der Waals surface area contributed by atoms with Gasteiger partial charge in [0.05, 0.1) is 16.1 Å². The Kier molecular flexibility index (Phi) is 4.66. The van der Waals surface area contributed by atoms with Crippen LogP contribution in [0.3, 0.4) is 0 Å². The van der Waals surface area contributed by atoms with Crippen molar-refractivity contribution in [2.45, 2.75) is 6.04 Å². The normalized spacial score (nSPS) is 14.2. The summed E-state index contributed by atoms with van der Waals surface area (Å²) in [7, 11) is 0. The van der Waals surface area contributed by atoms with Crippen molar-refractivity contribution >= 4 is 34.9 Å². The number of amides is 2. The minimum Gasteiger partial charge on any atom is -0.328 e. The molecule has 2 amide bonds. The highest BCUT2D eigenvalue weighted by Gasteiger charge is 2.07. The number of hydrogen-bond donors (Lipinski definition) is 2. The molecule has 0 fully saturated rings. The molecule has 0 aliphatic heterocycles. The fourth-order valence-corrected chi connectivity index (χ4v) is 1.85. The van der Waals surface area contributed by atoms with Crippen molar-refractivity contribution in [1.82, 2.24) is 5.32 Å². The van der Waals surface area contributed by atoms with Gasteiger partial charge >= 0.3 is 6.03 Å². The van der Waals surface area contributed by atoms with Gasteiger partial charge in [0.1, 0.15) is 0 Å². The van der Waals surface area contributed by atoms with Crippen molar-refractivity contribution < 1.29 is 4.79 Å². The second kappa shape index (κ2) is 6.45. The molecule has 1 aromatic rings. The van der Waals surface area contributed by atoms with E-state index >= 15 is 0 Å². The molecule has 0 aromatic heterocycles. The number of urea groups is 1. The van der Waals surface area contributed by atoms with Crippen LogP contribution in [0.4, 0.5) is 10.5 Å². The lowest BCUT2D eigenvalue weighted by Gasteiger charge is -2.12. The number of carbonyl (C=O) groups excluding carboxylic acids is 1. The monoisotopic (exact) mass is 294 g/mol. The van der Waals surface area contributed by atoms with Gasteiger partial charge in [-0.1, -0.05) is 59.7 Å². The van der Waals surface area contributed by atoms with Crippen molar-refractivity contribution in [3.05, 3.63) is 64.7 Å². The van der Waals surface area contributed by atoms with Crippen LogP contribution in [0.15, 0.2) is 54.7 Å². The van der Waals surface area contributed by atoms with E-state index in [1.165, 1.54) is 0 Å². The van der Waals surface area contributed by atoms with Gasteiger partial charge < -0.3 is 10.6 Å². The molecule has 0 radical (unpaired) electrons. The van der Waals surface area contributed by atoms with Crippen molar-refractivity contribution in [1.29, 1.82) is 0 Å². The van der Waals surface area contributed by atoms with Gasteiger partial charge in [-0.05, 0) is 18.2 Å². The topological polar surface area (TPSA) is 41.1 Å². The highest BCUT2D eigenvalue weighted by atomic mass is 35.5. The van der Waals surface area contributed by atoms with Crippen LogP contribution in [0, 0.1) is 0 Å². The summed E-state index contributed by atoms with van der Waals surface area (Å²) in [4.78, 5) is 11.8. The van der Waals surface area contributed by atoms with E-state index in [0.717, 1.165) is 0 Å². The minimum absolute atomic E-state index is 0.141. The van der Waals surface area contributed by atoms with Crippen LogP contribution in [0.2, 0.25) is 10.0 Å². The SMILES string of the molecule is O=C(Nc1ccc(Cl)c(Cl)c1)NC1C=CC=CC=C1. The van der Waals surface area contributed by atoms with Gasteiger partial charge in [-0.15, -0.1) is 0 Å². The summed E-state index contributed by atoms with van der Waals surface area (Å²) in [6.45, 7) is 0. The number of anilines is 1. The summed E-state index contributed by atoms with van der Waals surface area (Å²) >= 11 is 11.7. The third-order valence-corrected chi connectivity index (χ3v) is 3.18. The van der Waals surface area contributed by atoms with Crippen LogP contribution in [0.5, 0.6) is 0 Å². The number of rotatable bonds is 2. The standard InChI is InChI=1S/C14H12Cl2N2O/c15-12-8-7-11(9-13(12)16)18-14(19)17-10-5-3-1-2-4-6-10/h1-10H,(H2,17,18,19). The Morgan fingerprint density at radius 3 is 2.32 bits per heavy atom. The number of benzene rings is 1. The van der Waals surface area contributed by atoms with Crippen molar-refractivity contribution in [3.63, 3.8) is 0 Å². The number of nitrogens with one attached hydrogen (secondary N) is 2. The summed E-state index contributed by atoms with van der Waals surface area (Å²) in [5.74, 6) is 0. The predicted molar refractivity (Wildman–Crippen MR) is 79.8 cm³/mol. The van der Waals surface area contributed by atoms with E-state index in [0.29, 0.717) is 15.7 Å². The molecule has 5 heteroatoms. The molecule has 98 valence electrons. The molecule has 2 N–H and O–H groups in total. The molecule has 0 saturated heterocycles. The third kappa shape index (κ3) is 4.16. The average molecular weight is 295 g/mol. The minimum atomic E-state index is -0.306. The van der Waals surface area contributed by atoms with E-state index < -0.39 is 0 Å². The van der Waals surface area contributed by atoms with Crippen LogP contribution >= 0.6 is 23.2 Å². The highest BCUT2D eigenvalue weighted by Crippen LogP contribution is 2.24. The van der Waals surface area contributed by atoms with Gasteiger partial charge in [-0.2, -0.15) is 0 Å². The van der Waals surface area contributed by atoms with E-state index in [-0.39, 0.29) is 12.1 Å². The first kappa shape index (κ1) is 13.7. The van der Waals surface area contributed by atoms with Crippen LogP contribution in [-0.4, -0.2) is 12.1 Å². The van der Waals surface area contributed by atoms with Gasteiger partial charge in [-0.25, -0.2) is 4.79 Å². The second-order valence-electron chi connectivity index (χ2n) is 3.91. The predicted octanol–water partition coefficient (Wildman–Crippen LogP) is 4.17. The van der Waals surface area contributed by atoms with E-state index in [2.05, 4.69) is 10.6 Å². The molecule has 0 heterocycles. The van der Waals surface area contributed by atoms with Gasteiger partial charge in [0, 0.05) is 5.69 Å². The number of allylic oxidation sites excluding steroid dienone is 4. The largest absolute Gasteiger partial charge is 0.328 e. The van der Waals surface area contributed by atoms with Crippen LogP contribution in [0.1, 0.15) is 0 Å². The molecule has 0 bridgehead atoms. The molecular weight excluding hydrogens is 283 g/mol. The van der Waals surface area contributed by atoms with E-state index in [1.54, 1.807) is 18.2 Å². The summed E-state index contributed by atoms with van der Waals surface area (Å²) in [6.07, 6.45) is 11.3. The second-order valence-corrected chi connectivity index (χ2v) is 4.72. The maximum Gasteiger partial charge on any atom is 0.319 e. The fraction of sp³-hybridized carbons (Fsp3) is 0.0714. The first-order valence-electron chi connectivity index (χ1n) is 5.69. The van der Waals surface area contributed by atoms with Gasteiger partial charge in [0.25, 0.3) is 0 Å². The summed E-state index contributed by atoms with van der Waals surface area (Å²) in [5, 5.41) is 6.35. The Balaban J connectivity index is 1.95. The maximum atomic E-state index is 11.8. The zero-order valence-electron chi connectivity index (χ0n) is 9.94. The lowest BCUT2D eigenvalue weighted by Crippen LogP contribution is -2.35. The highest BCUT2D eigenvalue weighted by molar-refractivity contribution is 6.42. The van der Waals surface area contributed by atoms with E-state index in [1.807, 2.05) is 36.5 Å². The average Bonchev–Trinajstić information content (AvgIpc) is 2.62. The Hall–Kier alpha value is -1.71. The van der Waals surface area contributed by atoms with Crippen LogP contribution in [0.25, 0.3) is 0 Å². The molecule has 1 aromatic carbocycles. The summed E-state index contributed by atoms with van der Waals surface area (Å²) < 4.78 is 0. The molecule has 0 unspecified atom stereocenters. The van der Waals surface area contributed by atoms with Crippen LogP contribution < -0.4 is 10.6 Å². The summed E-state index contributed by atoms with van der Waals surface area (Å²) in [5.41, 5.74) is 0.589.